The van der Waals surface area contributed by atoms with Crippen LogP contribution in [0.2, 0.25) is 0 Å². The van der Waals surface area contributed by atoms with Gasteiger partial charge < -0.3 is 19.5 Å². The first-order valence-corrected chi connectivity index (χ1v) is 11.0. The van der Waals surface area contributed by atoms with E-state index in [-0.39, 0.29) is 41.2 Å². The van der Waals surface area contributed by atoms with Crippen LogP contribution in [0, 0.1) is 13.8 Å². The number of amides is 1. The lowest BCUT2D eigenvalue weighted by Crippen LogP contribution is -2.21. The van der Waals surface area contributed by atoms with Crippen LogP contribution in [0.25, 0.3) is 0 Å². The van der Waals surface area contributed by atoms with E-state index in [9.17, 15) is 14.4 Å². The first kappa shape index (κ1) is 24.4. The van der Waals surface area contributed by atoms with Gasteiger partial charge in [-0.3, -0.25) is 4.79 Å². The summed E-state index contributed by atoms with van der Waals surface area (Å²) in [6.45, 7) is 11.2. The lowest BCUT2D eigenvalue weighted by atomic mass is 10.0. The molecule has 1 N–H and O–H groups in total. The maximum atomic E-state index is 12.6. The number of hydrogen-bond donors (Lipinski definition) is 1. The number of ether oxygens (including phenoxy) is 3. The van der Waals surface area contributed by atoms with Crippen molar-refractivity contribution in [1.29, 1.82) is 0 Å². The molecule has 8 heteroatoms. The summed E-state index contributed by atoms with van der Waals surface area (Å²) in [7, 11) is 0. The molecule has 0 fully saturated rings. The minimum Gasteiger partial charge on any atom is -0.483 e. The molecule has 168 valence electrons. The molecule has 0 radical (unpaired) electrons. The number of aryl methyl sites for hydroxylation is 1. The van der Waals surface area contributed by atoms with E-state index in [0.29, 0.717) is 11.3 Å². The van der Waals surface area contributed by atoms with Crippen molar-refractivity contribution in [1.82, 2.24) is 0 Å². The highest BCUT2D eigenvalue weighted by Crippen LogP contribution is 2.34. The van der Waals surface area contributed by atoms with Crippen molar-refractivity contribution in [2.45, 2.75) is 47.5 Å². The number of hydrogen-bond acceptors (Lipinski definition) is 7. The number of carbonyl (C=O) groups excluding carboxylic acids is 3. The maximum absolute atomic E-state index is 12.6. The second kappa shape index (κ2) is 10.9. The van der Waals surface area contributed by atoms with E-state index < -0.39 is 17.8 Å². The highest BCUT2D eigenvalue weighted by atomic mass is 32.1. The second-order valence-electron chi connectivity index (χ2n) is 7.23. The molecular weight excluding hydrogens is 418 g/mol. The molecule has 31 heavy (non-hydrogen) atoms. The van der Waals surface area contributed by atoms with Crippen molar-refractivity contribution >= 4 is 34.2 Å². The quantitative estimate of drug-likeness (QED) is 0.552. The molecule has 0 bridgehead atoms. The summed E-state index contributed by atoms with van der Waals surface area (Å²) >= 11 is 0.986. The molecule has 0 aliphatic rings. The molecule has 0 aliphatic carbocycles. The molecule has 2 rings (SSSR count). The SMILES string of the molecule is CCOC(=O)c1sc(NC(=O)COc2cc(C)ccc2C(C)C)c(C(=O)OCC)c1C. The lowest BCUT2D eigenvalue weighted by Gasteiger charge is -2.15. The molecule has 2 aromatic rings. The van der Waals surface area contributed by atoms with E-state index in [0.717, 1.165) is 22.5 Å². The number of esters is 2. The molecule has 1 aromatic carbocycles. The Labute approximate surface area is 186 Å². The van der Waals surface area contributed by atoms with Gasteiger partial charge >= 0.3 is 11.9 Å². The predicted octanol–water partition coefficient (Wildman–Crippen LogP) is 4.86. The van der Waals surface area contributed by atoms with Gasteiger partial charge in [0.15, 0.2) is 6.61 Å². The van der Waals surface area contributed by atoms with Crippen LogP contribution < -0.4 is 10.1 Å². The van der Waals surface area contributed by atoms with E-state index in [2.05, 4.69) is 19.2 Å². The average Bonchev–Trinajstić information content (AvgIpc) is 3.02. The van der Waals surface area contributed by atoms with Gasteiger partial charge in [0.1, 0.15) is 15.6 Å². The third-order valence-electron chi connectivity index (χ3n) is 4.49. The molecule has 0 atom stereocenters. The number of anilines is 1. The van der Waals surface area contributed by atoms with Crippen molar-refractivity contribution in [3.8, 4) is 5.75 Å². The normalized spacial score (nSPS) is 10.7. The van der Waals surface area contributed by atoms with Crippen LogP contribution in [-0.2, 0) is 14.3 Å². The summed E-state index contributed by atoms with van der Waals surface area (Å²) in [6.07, 6.45) is 0. The zero-order chi connectivity index (χ0) is 23.1. The Morgan fingerprint density at radius 3 is 2.29 bits per heavy atom. The fourth-order valence-corrected chi connectivity index (χ4v) is 4.10. The van der Waals surface area contributed by atoms with E-state index in [1.807, 2.05) is 25.1 Å². The minimum atomic E-state index is -0.608. The van der Waals surface area contributed by atoms with Gasteiger partial charge in [-0.2, -0.15) is 0 Å². The molecule has 7 nitrogen and oxygen atoms in total. The number of rotatable bonds is 9. The Bertz CT molecular complexity index is 963. The predicted molar refractivity (Wildman–Crippen MR) is 120 cm³/mol. The van der Waals surface area contributed by atoms with Gasteiger partial charge in [0.05, 0.1) is 18.8 Å². The smallest absolute Gasteiger partial charge is 0.348 e. The van der Waals surface area contributed by atoms with Crippen molar-refractivity contribution < 1.29 is 28.6 Å². The van der Waals surface area contributed by atoms with E-state index in [1.54, 1.807) is 20.8 Å². The first-order chi connectivity index (χ1) is 14.7. The molecule has 0 spiro atoms. The van der Waals surface area contributed by atoms with Crippen molar-refractivity contribution in [3.05, 3.63) is 45.3 Å². The number of nitrogens with one attached hydrogen (secondary N) is 1. The molecule has 1 heterocycles. The second-order valence-corrected chi connectivity index (χ2v) is 8.25. The lowest BCUT2D eigenvalue weighted by molar-refractivity contribution is -0.118. The fourth-order valence-electron chi connectivity index (χ4n) is 2.99. The van der Waals surface area contributed by atoms with Crippen molar-refractivity contribution in [2.75, 3.05) is 25.1 Å². The fraction of sp³-hybridized carbons (Fsp3) is 0.435. The monoisotopic (exact) mass is 447 g/mol. The Balaban J connectivity index is 2.24. The Hall–Kier alpha value is -2.87. The summed E-state index contributed by atoms with van der Waals surface area (Å²) in [4.78, 5) is 37.5. The molecule has 0 unspecified atom stereocenters. The highest BCUT2D eigenvalue weighted by molar-refractivity contribution is 7.18. The van der Waals surface area contributed by atoms with Crippen LogP contribution in [0.15, 0.2) is 18.2 Å². The van der Waals surface area contributed by atoms with Crippen molar-refractivity contribution in [2.24, 2.45) is 0 Å². The van der Waals surface area contributed by atoms with Crippen molar-refractivity contribution in [3.63, 3.8) is 0 Å². The van der Waals surface area contributed by atoms with Crippen LogP contribution in [0.5, 0.6) is 5.75 Å². The van der Waals surface area contributed by atoms with Gasteiger partial charge in [-0.15, -0.1) is 11.3 Å². The standard InChI is InChI=1S/C23H29NO6S/c1-7-28-22(26)19-15(6)20(23(27)29-8-2)31-21(19)24-18(25)12-30-17-11-14(5)9-10-16(17)13(3)4/h9-11,13H,7-8,12H2,1-6H3,(H,24,25). The summed E-state index contributed by atoms with van der Waals surface area (Å²) < 4.78 is 15.9. The van der Waals surface area contributed by atoms with Gasteiger partial charge in [-0.05, 0) is 56.4 Å². The molecule has 1 amide bonds. The third-order valence-corrected chi connectivity index (χ3v) is 5.68. The number of thiophene rings is 1. The summed E-state index contributed by atoms with van der Waals surface area (Å²) in [5.74, 6) is -0.720. The highest BCUT2D eigenvalue weighted by Gasteiger charge is 2.27. The van der Waals surface area contributed by atoms with Crippen LogP contribution in [0.1, 0.15) is 70.3 Å². The van der Waals surface area contributed by atoms with Gasteiger partial charge in [-0.25, -0.2) is 9.59 Å². The number of benzene rings is 1. The zero-order valence-electron chi connectivity index (χ0n) is 18.8. The maximum Gasteiger partial charge on any atom is 0.348 e. The topological polar surface area (TPSA) is 90.9 Å². The molecule has 0 saturated carbocycles. The average molecular weight is 448 g/mol. The van der Waals surface area contributed by atoms with Gasteiger partial charge in [0, 0.05) is 0 Å². The summed E-state index contributed by atoms with van der Waals surface area (Å²) in [5, 5.41) is 2.92. The Morgan fingerprint density at radius 2 is 1.68 bits per heavy atom. The largest absolute Gasteiger partial charge is 0.483 e. The molecule has 0 aliphatic heterocycles. The first-order valence-electron chi connectivity index (χ1n) is 10.2. The van der Waals surface area contributed by atoms with Crippen LogP contribution in [-0.4, -0.2) is 37.7 Å². The third kappa shape index (κ3) is 6.07. The van der Waals surface area contributed by atoms with Gasteiger partial charge in [0.25, 0.3) is 5.91 Å². The van der Waals surface area contributed by atoms with E-state index >= 15 is 0 Å². The summed E-state index contributed by atoms with van der Waals surface area (Å²) in [5.41, 5.74) is 2.60. The summed E-state index contributed by atoms with van der Waals surface area (Å²) in [6, 6.07) is 5.88. The van der Waals surface area contributed by atoms with Crippen LogP contribution in [0.3, 0.4) is 0 Å². The van der Waals surface area contributed by atoms with Crippen LogP contribution in [0.4, 0.5) is 5.00 Å². The zero-order valence-corrected chi connectivity index (χ0v) is 19.6. The number of carbonyl (C=O) groups is 3. The van der Waals surface area contributed by atoms with Gasteiger partial charge in [0.2, 0.25) is 0 Å². The molecular formula is C23H29NO6S. The Kier molecular flexibility index (Phi) is 8.62. The van der Waals surface area contributed by atoms with E-state index in [1.165, 1.54) is 0 Å². The minimum absolute atomic E-state index is 0.154. The van der Waals surface area contributed by atoms with Crippen LogP contribution >= 0.6 is 11.3 Å². The molecule has 0 saturated heterocycles. The van der Waals surface area contributed by atoms with Gasteiger partial charge in [-0.1, -0.05) is 26.0 Å². The molecule has 1 aromatic heterocycles. The Morgan fingerprint density at radius 1 is 1.03 bits per heavy atom. The van der Waals surface area contributed by atoms with E-state index in [4.69, 9.17) is 14.2 Å².